The van der Waals surface area contributed by atoms with Gasteiger partial charge in [0.05, 0.1) is 25.7 Å². The molecule has 2 N–H and O–H groups in total. The van der Waals surface area contributed by atoms with Crippen molar-refractivity contribution in [2.24, 2.45) is 0 Å². The smallest absolute Gasteiger partial charge is 0.305 e. The summed E-state index contributed by atoms with van der Waals surface area (Å²) in [6, 6.07) is 0.176. The molecule has 1 aliphatic heterocycles. The summed E-state index contributed by atoms with van der Waals surface area (Å²) in [5.41, 5.74) is 0. The van der Waals surface area contributed by atoms with Crippen molar-refractivity contribution in [1.29, 1.82) is 0 Å². The van der Waals surface area contributed by atoms with Crippen LogP contribution in [-0.4, -0.2) is 59.5 Å². The zero-order chi connectivity index (χ0) is 12.0. The molecule has 0 aliphatic carbocycles. The van der Waals surface area contributed by atoms with E-state index in [9.17, 15) is 9.90 Å². The normalized spacial score (nSPS) is 23.5. The summed E-state index contributed by atoms with van der Waals surface area (Å²) in [5, 5.41) is 18.3. The molecule has 1 fully saturated rings. The molecule has 1 heterocycles. The molecular formula is C11H21NO4. The number of rotatable bonds is 7. The van der Waals surface area contributed by atoms with Gasteiger partial charge in [-0.2, -0.15) is 0 Å². The Balaban J connectivity index is 2.18. The summed E-state index contributed by atoms with van der Waals surface area (Å²) >= 11 is 0. The van der Waals surface area contributed by atoms with E-state index < -0.39 is 12.1 Å². The van der Waals surface area contributed by atoms with Gasteiger partial charge in [0.25, 0.3) is 0 Å². The maximum Gasteiger partial charge on any atom is 0.305 e. The van der Waals surface area contributed by atoms with Crippen molar-refractivity contribution in [3.63, 3.8) is 0 Å². The van der Waals surface area contributed by atoms with E-state index in [4.69, 9.17) is 9.84 Å². The standard InChI is InChI=1S/C11H21NO4/c1-2-12-6-3-4-9(12)10(13)8-16-7-5-11(14)15/h9-10,13H,2-8H2,1H3,(H,14,15)/t9-,10+/m0/s1. The lowest BCUT2D eigenvalue weighted by atomic mass is 10.1. The maximum atomic E-state index is 10.2. The van der Waals surface area contributed by atoms with Gasteiger partial charge in [0.15, 0.2) is 0 Å². The first kappa shape index (κ1) is 13.4. The lowest BCUT2D eigenvalue weighted by Crippen LogP contribution is -2.41. The molecule has 16 heavy (non-hydrogen) atoms. The Morgan fingerprint density at radius 2 is 2.38 bits per heavy atom. The number of aliphatic carboxylic acids is 1. The van der Waals surface area contributed by atoms with Crippen molar-refractivity contribution >= 4 is 5.97 Å². The van der Waals surface area contributed by atoms with Crippen LogP contribution in [0, 0.1) is 0 Å². The first-order valence-electron chi connectivity index (χ1n) is 5.86. The number of carboxylic acid groups (broad SMARTS) is 1. The van der Waals surface area contributed by atoms with Crippen LogP contribution in [0.3, 0.4) is 0 Å². The zero-order valence-corrected chi connectivity index (χ0v) is 9.76. The van der Waals surface area contributed by atoms with Crippen molar-refractivity contribution < 1.29 is 19.7 Å². The number of hydrogen-bond donors (Lipinski definition) is 2. The van der Waals surface area contributed by atoms with Crippen LogP contribution in [0.5, 0.6) is 0 Å². The van der Waals surface area contributed by atoms with Crippen LogP contribution in [0.15, 0.2) is 0 Å². The predicted molar refractivity (Wildman–Crippen MR) is 59.3 cm³/mol. The number of ether oxygens (including phenoxy) is 1. The molecule has 94 valence electrons. The summed E-state index contributed by atoms with van der Waals surface area (Å²) in [5.74, 6) is -0.870. The quantitative estimate of drug-likeness (QED) is 0.618. The molecule has 0 saturated carbocycles. The van der Waals surface area contributed by atoms with Crippen LogP contribution in [0.2, 0.25) is 0 Å². The predicted octanol–water partition coefficient (Wildman–Crippen LogP) is 0.323. The van der Waals surface area contributed by atoms with Gasteiger partial charge in [-0.05, 0) is 25.9 Å². The lowest BCUT2D eigenvalue weighted by Gasteiger charge is -2.27. The number of carbonyl (C=O) groups is 1. The Morgan fingerprint density at radius 3 is 3.00 bits per heavy atom. The van der Waals surface area contributed by atoms with Gasteiger partial charge in [0.1, 0.15) is 0 Å². The number of nitrogens with zero attached hydrogens (tertiary/aromatic N) is 1. The molecule has 5 heteroatoms. The number of aliphatic hydroxyl groups is 1. The van der Waals surface area contributed by atoms with Crippen molar-refractivity contribution in [2.75, 3.05) is 26.3 Å². The maximum absolute atomic E-state index is 10.2. The van der Waals surface area contributed by atoms with Crippen LogP contribution in [-0.2, 0) is 9.53 Å². The second-order valence-corrected chi connectivity index (χ2v) is 4.12. The minimum atomic E-state index is -0.870. The van der Waals surface area contributed by atoms with Gasteiger partial charge in [-0.15, -0.1) is 0 Å². The molecule has 2 atom stereocenters. The third-order valence-electron chi connectivity index (χ3n) is 3.01. The number of hydrogen-bond acceptors (Lipinski definition) is 4. The topological polar surface area (TPSA) is 70.0 Å². The Bertz CT molecular complexity index is 222. The molecule has 0 spiro atoms. The highest BCUT2D eigenvalue weighted by Gasteiger charge is 2.29. The van der Waals surface area contributed by atoms with Gasteiger partial charge >= 0.3 is 5.97 Å². The van der Waals surface area contributed by atoms with E-state index in [0.29, 0.717) is 0 Å². The van der Waals surface area contributed by atoms with E-state index in [1.807, 2.05) is 0 Å². The van der Waals surface area contributed by atoms with Gasteiger partial charge in [-0.1, -0.05) is 6.92 Å². The number of carboxylic acids is 1. The summed E-state index contributed by atoms with van der Waals surface area (Å²) < 4.78 is 5.15. The van der Waals surface area contributed by atoms with Crippen LogP contribution in [0.25, 0.3) is 0 Å². The minimum Gasteiger partial charge on any atom is -0.481 e. The molecule has 5 nitrogen and oxygen atoms in total. The fraction of sp³-hybridized carbons (Fsp3) is 0.909. The molecule has 0 aromatic rings. The zero-order valence-electron chi connectivity index (χ0n) is 9.76. The highest BCUT2D eigenvalue weighted by Crippen LogP contribution is 2.19. The first-order valence-corrected chi connectivity index (χ1v) is 5.86. The van der Waals surface area contributed by atoms with Crippen molar-refractivity contribution in [3.05, 3.63) is 0 Å². The van der Waals surface area contributed by atoms with Gasteiger partial charge in [0.2, 0.25) is 0 Å². The summed E-state index contributed by atoms with van der Waals surface area (Å²) in [6.07, 6.45) is 1.60. The van der Waals surface area contributed by atoms with E-state index in [0.717, 1.165) is 25.9 Å². The average Bonchev–Trinajstić information content (AvgIpc) is 2.71. The summed E-state index contributed by atoms with van der Waals surface area (Å²) in [4.78, 5) is 12.5. The van der Waals surface area contributed by atoms with E-state index in [1.54, 1.807) is 0 Å². The lowest BCUT2D eigenvalue weighted by molar-refractivity contribution is -0.138. The van der Waals surface area contributed by atoms with Crippen molar-refractivity contribution in [2.45, 2.75) is 38.3 Å². The van der Waals surface area contributed by atoms with Gasteiger partial charge < -0.3 is 14.9 Å². The highest BCUT2D eigenvalue weighted by atomic mass is 16.5. The Morgan fingerprint density at radius 1 is 1.62 bits per heavy atom. The Hall–Kier alpha value is -0.650. The molecule has 0 bridgehead atoms. The summed E-state index contributed by atoms with van der Waals surface area (Å²) in [6.45, 7) is 4.46. The molecule has 0 aromatic heterocycles. The molecule has 0 amide bonds. The fourth-order valence-electron chi connectivity index (χ4n) is 2.15. The van der Waals surface area contributed by atoms with E-state index >= 15 is 0 Å². The molecule has 1 saturated heterocycles. The largest absolute Gasteiger partial charge is 0.481 e. The molecule has 1 aliphatic rings. The number of aliphatic hydroxyl groups excluding tert-OH is 1. The SMILES string of the molecule is CCN1CCC[C@H]1[C@H](O)COCCC(=O)O. The summed E-state index contributed by atoms with van der Waals surface area (Å²) in [7, 11) is 0. The van der Waals surface area contributed by atoms with Gasteiger partial charge in [0, 0.05) is 6.04 Å². The first-order chi connectivity index (χ1) is 7.65. The van der Waals surface area contributed by atoms with E-state index in [1.165, 1.54) is 0 Å². The van der Waals surface area contributed by atoms with E-state index in [2.05, 4.69) is 11.8 Å². The molecule has 0 aromatic carbocycles. The fourth-order valence-corrected chi connectivity index (χ4v) is 2.15. The van der Waals surface area contributed by atoms with Gasteiger partial charge in [-0.25, -0.2) is 0 Å². The number of likely N-dealkylation sites (N-methyl/N-ethyl adjacent to an activating group) is 1. The van der Waals surface area contributed by atoms with Crippen LogP contribution in [0.1, 0.15) is 26.2 Å². The molecule has 1 rings (SSSR count). The van der Waals surface area contributed by atoms with Crippen molar-refractivity contribution in [3.8, 4) is 0 Å². The number of likely N-dealkylation sites (tertiary alicyclic amines) is 1. The van der Waals surface area contributed by atoms with Crippen molar-refractivity contribution in [1.82, 2.24) is 4.90 Å². The minimum absolute atomic E-state index is 0.00508. The second kappa shape index (κ2) is 6.83. The monoisotopic (exact) mass is 231 g/mol. The Kier molecular flexibility index (Phi) is 5.73. The van der Waals surface area contributed by atoms with Crippen LogP contribution in [0.4, 0.5) is 0 Å². The van der Waals surface area contributed by atoms with Crippen LogP contribution < -0.4 is 0 Å². The molecule has 0 radical (unpaired) electrons. The average molecular weight is 231 g/mol. The Labute approximate surface area is 96.0 Å². The third-order valence-corrected chi connectivity index (χ3v) is 3.01. The highest BCUT2D eigenvalue weighted by molar-refractivity contribution is 5.66. The molecular weight excluding hydrogens is 210 g/mol. The van der Waals surface area contributed by atoms with Gasteiger partial charge in [-0.3, -0.25) is 9.69 Å². The van der Waals surface area contributed by atoms with Crippen LogP contribution >= 0.6 is 0 Å². The second-order valence-electron chi connectivity index (χ2n) is 4.12. The molecule has 0 unspecified atom stereocenters. The van der Waals surface area contributed by atoms with E-state index in [-0.39, 0.29) is 25.7 Å². The third kappa shape index (κ3) is 4.08.